The predicted octanol–water partition coefficient (Wildman–Crippen LogP) is 0.404. The first-order valence-corrected chi connectivity index (χ1v) is 9.28. The van der Waals surface area contributed by atoms with Crippen molar-refractivity contribution >= 4 is 23.7 Å². The molecule has 0 bridgehead atoms. The second-order valence-electron chi connectivity index (χ2n) is 6.18. The van der Waals surface area contributed by atoms with Crippen molar-refractivity contribution in [2.24, 2.45) is 0 Å². The Morgan fingerprint density at radius 3 is 2.16 bits per heavy atom. The summed E-state index contributed by atoms with van der Waals surface area (Å²) >= 11 is 0. The number of ether oxygens (including phenoxy) is 1. The summed E-state index contributed by atoms with van der Waals surface area (Å²) in [5, 5.41) is 51.6. The molecule has 0 radical (unpaired) electrons. The van der Waals surface area contributed by atoms with Crippen LogP contribution in [0.25, 0.3) is 0 Å². The SMILES string of the molecule is O=C(NCCNCC(O)COc1ccc(O)c(O)c1)Nc1ccccc1.O=C(O)C(=O)O. The number of hydrogen-bond donors (Lipinski definition) is 8. The first-order chi connectivity index (χ1) is 15.2. The average molecular weight is 451 g/mol. The lowest BCUT2D eigenvalue weighted by molar-refractivity contribution is -0.159. The Kier molecular flexibility index (Phi) is 11.4. The maximum absolute atomic E-state index is 11.7. The number of carbonyl (C=O) groups excluding carboxylic acids is 1. The third kappa shape index (κ3) is 11.2. The van der Waals surface area contributed by atoms with Crippen molar-refractivity contribution in [2.45, 2.75) is 6.10 Å². The van der Waals surface area contributed by atoms with E-state index in [1.165, 1.54) is 18.2 Å². The molecule has 1 unspecified atom stereocenters. The number of aliphatic hydroxyl groups excluding tert-OH is 1. The maximum Gasteiger partial charge on any atom is 0.414 e. The van der Waals surface area contributed by atoms with Crippen LogP contribution in [0.1, 0.15) is 0 Å². The highest BCUT2D eigenvalue weighted by molar-refractivity contribution is 6.27. The minimum Gasteiger partial charge on any atom is -0.504 e. The molecule has 0 saturated carbocycles. The number of amides is 2. The fraction of sp³-hybridized carbons (Fsp3) is 0.250. The smallest absolute Gasteiger partial charge is 0.414 e. The molecule has 2 aromatic carbocycles. The second kappa shape index (κ2) is 14.1. The quantitative estimate of drug-likeness (QED) is 0.150. The van der Waals surface area contributed by atoms with Gasteiger partial charge in [0.15, 0.2) is 11.5 Å². The lowest BCUT2D eigenvalue weighted by atomic mass is 10.3. The zero-order valence-corrected chi connectivity index (χ0v) is 16.9. The average Bonchev–Trinajstić information content (AvgIpc) is 2.75. The van der Waals surface area contributed by atoms with Crippen molar-refractivity contribution in [3.63, 3.8) is 0 Å². The van der Waals surface area contributed by atoms with Gasteiger partial charge in [-0.15, -0.1) is 0 Å². The normalized spacial score (nSPS) is 10.8. The number of para-hydroxylation sites is 1. The van der Waals surface area contributed by atoms with Gasteiger partial charge in [0.2, 0.25) is 0 Å². The summed E-state index contributed by atoms with van der Waals surface area (Å²) in [7, 11) is 0. The minimum atomic E-state index is -1.82. The number of benzene rings is 2. The number of phenolic OH excluding ortho intramolecular Hbond substituents is 2. The lowest BCUT2D eigenvalue weighted by Crippen LogP contribution is -2.38. The Morgan fingerprint density at radius 1 is 0.906 bits per heavy atom. The van der Waals surface area contributed by atoms with Crippen molar-refractivity contribution in [1.82, 2.24) is 10.6 Å². The van der Waals surface area contributed by atoms with Gasteiger partial charge >= 0.3 is 18.0 Å². The monoisotopic (exact) mass is 451 g/mol. The van der Waals surface area contributed by atoms with Crippen molar-refractivity contribution < 1.29 is 44.7 Å². The Bertz CT molecular complexity index is 866. The van der Waals surface area contributed by atoms with Crippen LogP contribution in [0, 0.1) is 0 Å². The molecule has 1 atom stereocenters. The number of carboxylic acids is 2. The molecule has 2 aromatic rings. The summed E-state index contributed by atoms with van der Waals surface area (Å²) < 4.78 is 5.32. The van der Waals surface area contributed by atoms with Crippen LogP contribution in [0.15, 0.2) is 48.5 Å². The maximum atomic E-state index is 11.7. The first kappa shape index (κ1) is 26.0. The Morgan fingerprint density at radius 2 is 1.56 bits per heavy atom. The predicted molar refractivity (Wildman–Crippen MR) is 113 cm³/mol. The molecule has 0 aliphatic rings. The Labute approximate surface area is 183 Å². The number of phenols is 2. The number of hydrogen-bond acceptors (Lipinski definition) is 8. The van der Waals surface area contributed by atoms with Gasteiger partial charge in [0, 0.05) is 31.4 Å². The molecule has 12 heteroatoms. The van der Waals surface area contributed by atoms with Crippen molar-refractivity contribution in [3.05, 3.63) is 48.5 Å². The molecule has 0 saturated heterocycles. The van der Waals surface area contributed by atoms with Crippen molar-refractivity contribution in [3.8, 4) is 17.2 Å². The van der Waals surface area contributed by atoms with E-state index in [9.17, 15) is 20.1 Å². The van der Waals surface area contributed by atoms with Crippen LogP contribution in [-0.2, 0) is 9.59 Å². The Hall–Kier alpha value is -4.03. The van der Waals surface area contributed by atoms with E-state index in [-0.39, 0.29) is 30.7 Å². The van der Waals surface area contributed by atoms with Gasteiger partial charge in [-0.2, -0.15) is 0 Å². The topological polar surface area (TPSA) is 198 Å². The van der Waals surface area contributed by atoms with E-state index in [1.54, 1.807) is 12.1 Å². The highest BCUT2D eigenvalue weighted by atomic mass is 16.5. The van der Waals surface area contributed by atoms with E-state index in [0.717, 1.165) is 0 Å². The lowest BCUT2D eigenvalue weighted by Gasteiger charge is -2.14. The molecular formula is C20H25N3O9. The zero-order chi connectivity index (χ0) is 23.9. The standard InChI is InChI=1S/C18H23N3O5.C2H2O4/c22-14(12-26-15-6-7-16(23)17(24)10-15)11-19-8-9-20-18(25)21-13-4-2-1-3-5-13;3-1(4)2(5)6/h1-7,10,14,19,22-24H,8-9,11-12H2,(H2,20,21,25);(H,3,4)(H,5,6). The summed E-state index contributed by atoms with van der Waals surface area (Å²) in [6.07, 6.45) is -0.760. The number of carboxylic acid groups (broad SMARTS) is 2. The summed E-state index contributed by atoms with van der Waals surface area (Å²) in [6.45, 7) is 1.20. The molecule has 8 N–H and O–H groups in total. The van der Waals surface area contributed by atoms with Gasteiger partial charge in [0.1, 0.15) is 18.5 Å². The highest BCUT2D eigenvalue weighted by Crippen LogP contribution is 2.28. The van der Waals surface area contributed by atoms with Gasteiger partial charge in [0.05, 0.1) is 0 Å². The third-order valence-electron chi connectivity index (χ3n) is 3.57. The van der Waals surface area contributed by atoms with Gasteiger partial charge in [-0.25, -0.2) is 14.4 Å². The summed E-state index contributed by atoms with van der Waals surface area (Å²) in [4.78, 5) is 29.9. The van der Waals surface area contributed by atoms with E-state index in [4.69, 9.17) is 24.5 Å². The molecule has 0 aromatic heterocycles. The number of anilines is 1. The number of carbonyl (C=O) groups is 3. The van der Waals surface area contributed by atoms with Crippen LogP contribution in [0.3, 0.4) is 0 Å². The van der Waals surface area contributed by atoms with E-state index in [0.29, 0.717) is 24.5 Å². The summed E-state index contributed by atoms with van der Waals surface area (Å²) in [5.74, 6) is -3.82. The third-order valence-corrected chi connectivity index (χ3v) is 3.57. The fourth-order valence-corrected chi connectivity index (χ4v) is 2.07. The van der Waals surface area contributed by atoms with Gasteiger partial charge in [-0.1, -0.05) is 18.2 Å². The number of aliphatic carboxylic acids is 2. The molecule has 0 aliphatic carbocycles. The fourth-order valence-electron chi connectivity index (χ4n) is 2.07. The second-order valence-corrected chi connectivity index (χ2v) is 6.18. The zero-order valence-electron chi connectivity index (χ0n) is 16.9. The van der Waals surface area contributed by atoms with Crippen LogP contribution < -0.4 is 20.7 Å². The minimum absolute atomic E-state index is 0.0269. The van der Waals surface area contributed by atoms with E-state index in [2.05, 4.69) is 16.0 Å². The van der Waals surface area contributed by atoms with Crippen LogP contribution in [-0.4, -0.2) is 75.8 Å². The molecule has 0 spiro atoms. The molecule has 2 amide bonds. The van der Waals surface area contributed by atoms with Crippen LogP contribution in [0.4, 0.5) is 10.5 Å². The molecule has 12 nitrogen and oxygen atoms in total. The van der Waals surface area contributed by atoms with Crippen molar-refractivity contribution in [2.75, 3.05) is 31.6 Å². The molecule has 32 heavy (non-hydrogen) atoms. The first-order valence-electron chi connectivity index (χ1n) is 9.28. The molecule has 0 aliphatic heterocycles. The number of urea groups is 1. The molecular weight excluding hydrogens is 426 g/mol. The van der Waals surface area contributed by atoms with Gasteiger partial charge in [0.25, 0.3) is 0 Å². The van der Waals surface area contributed by atoms with E-state index < -0.39 is 18.0 Å². The largest absolute Gasteiger partial charge is 0.504 e. The van der Waals surface area contributed by atoms with Crippen LogP contribution >= 0.6 is 0 Å². The number of rotatable bonds is 9. The number of aliphatic hydroxyl groups is 1. The highest BCUT2D eigenvalue weighted by Gasteiger charge is 2.07. The number of nitrogens with one attached hydrogen (secondary N) is 3. The van der Waals surface area contributed by atoms with Gasteiger partial charge in [-0.3, -0.25) is 0 Å². The van der Waals surface area contributed by atoms with Crippen molar-refractivity contribution in [1.29, 1.82) is 0 Å². The van der Waals surface area contributed by atoms with E-state index >= 15 is 0 Å². The van der Waals surface area contributed by atoms with Crippen LogP contribution in [0.5, 0.6) is 17.2 Å². The van der Waals surface area contributed by atoms with E-state index in [1.807, 2.05) is 18.2 Å². The molecule has 174 valence electrons. The molecule has 0 heterocycles. The molecule has 2 rings (SSSR count). The van der Waals surface area contributed by atoms with Gasteiger partial charge in [-0.05, 0) is 24.3 Å². The summed E-state index contributed by atoms with van der Waals surface area (Å²) in [5.41, 5.74) is 0.714. The Balaban J connectivity index is 0.000000751. The summed E-state index contributed by atoms with van der Waals surface area (Å²) in [6, 6.07) is 12.9. The number of aromatic hydroxyl groups is 2. The van der Waals surface area contributed by atoms with Crippen LogP contribution in [0.2, 0.25) is 0 Å². The van der Waals surface area contributed by atoms with Gasteiger partial charge < -0.3 is 46.2 Å². The molecule has 0 fully saturated rings.